The van der Waals surface area contributed by atoms with Gasteiger partial charge in [0.2, 0.25) is 5.91 Å². The van der Waals surface area contributed by atoms with Gasteiger partial charge in [0.05, 0.1) is 5.92 Å². The Balaban J connectivity index is 1.57. The lowest BCUT2D eigenvalue weighted by Crippen LogP contribution is -2.31. The summed E-state index contributed by atoms with van der Waals surface area (Å²) in [5, 5.41) is 2.37. The first kappa shape index (κ1) is 16.6. The van der Waals surface area contributed by atoms with E-state index in [4.69, 9.17) is 0 Å². The van der Waals surface area contributed by atoms with Crippen molar-refractivity contribution in [1.82, 2.24) is 9.88 Å². The summed E-state index contributed by atoms with van der Waals surface area (Å²) in [4.78, 5) is 20.6. The Morgan fingerprint density at radius 1 is 1.08 bits per heavy atom. The lowest BCUT2D eigenvalue weighted by Gasteiger charge is -2.20. The van der Waals surface area contributed by atoms with Crippen LogP contribution in [0.25, 0.3) is 21.9 Å². The highest BCUT2D eigenvalue weighted by Crippen LogP contribution is 2.30. The number of fused-ring (bicyclic) bond motifs is 1. The molecule has 1 fully saturated rings. The van der Waals surface area contributed by atoms with Crippen LogP contribution >= 0.6 is 0 Å². The molecule has 1 aliphatic rings. The summed E-state index contributed by atoms with van der Waals surface area (Å²) in [6.07, 6.45) is 4.75. The maximum atomic E-state index is 12.2. The quantitative estimate of drug-likeness (QED) is 0.724. The number of rotatable bonds is 3. The van der Waals surface area contributed by atoms with E-state index in [9.17, 15) is 4.79 Å². The normalized spacial score (nSPS) is 16.8. The van der Waals surface area contributed by atoms with Crippen molar-refractivity contribution in [2.75, 3.05) is 32.1 Å². The molecule has 1 saturated heterocycles. The van der Waals surface area contributed by atoms with Gasteiger partial charge in [0.25, 0.3) is 0 Å². The second-order valence-corrected chi connectivity index (χ2v) is 7.12. The minimum Gasteiger partial charge on any atom is -0.371 e. The number of carbonyl (C=O) groups excluding carboxylic acids is 1. The minimum atomic E-state index is 0.104. The first-order valence-corrected chi connectivity index (χ1v) is 9.03. The average molecular weight is 345 g/mol. The molecular formula is C22H23N3O. The fourth-order valence-corrected chi connectivity index (χ4v) is 3.76. The molecule has 0 radical (unpaired) electrons. The second kappa shape index (κ2) is 6.79. The minimum absolute atomic E-state index is 0.104. The average Bonchev–Trinajstić information content (AvgIpc) is 3.17. The summed E-state index contributed by atoms with van der Waals surface area (Å²) in [6, 6.07) is 16.9. The maximum absolute atomic E-state index is 12.2. The first-order valence-electron chi connectivity index (χ1n) is 9.03. The van der Waals surface area contributed by atoms with Gasteiger partial charge in [0.1, 0.15) is 0 Å². The van der Waals surface area contributed by atoms with E-state index in [-0.39, 0.29) is 11.8 Å². The number of nitrogens with zero attached hydrogens (tertiary/aromatic N) is 3. The monoisotopic (exact) mass is 345 g/mol. The van der Waals surface area contributed by atoms with Gasteiger partial charge in [-0.05, 0) is 29.5 Å². The number of benzene rings is 2. The molecular weight excluding hydrogens is 322 g/mol. The summed E-state index contributed by atoms with van der Waals surface area (Å²) in [5.41, 5.74) is 3.49. The maximum Gasteiger partial charge on any atom is 0.227 e. The summed E-state index contributed by atoms with van der Waals surface area (Å²) < 4.78 is 0. The van der Waals surface area contributed by atoms with Crippen molar-refractivity contribution in [3.63, 3.8) is 0 Å². The Hall–Kier alpha value is -2.88. The van der Waals surface area contributed by atoms with Crippen LogP contribution < -0.4 is 4.90 Å². The highest BCUT2D eigenvalue weighted by atomic mass is 16.2. The number of anilines is 1. The van der Waals surface area contributed by atoms with E-state index in [0.29, 0.717) is 0 Å². The smallest absolute Gasteiger partial charge is 0.227 e. The number of amides is 1. The summed E-state index contributed by atoms with van der Waals surface area (Å²) in [7, 11) is 3.66. The molecule has 0 spiro atoms. The molecule has 132 valence electrons. The molecule has 3 aromatic rings. The van der Waals surface area contributed by atoms with Crippen molar-refractivity contribution in [2.45, 2.75) is 6.42 Å². The Morgan fingerprint density at radius 2 is 1.85 bits per heavy atom. The van der Waals surface area contributed by atoms with E-state index < -0.39 is 0 Å². The van der Waals surface area contributed by atoms with Gasteiger partial charge in [-0.15, -0.1) is 0 Å². The lowest BCUT2D eigenvalue weighted by molar-refractivity contribution is -0.132. The highest BCUT2D eigenvalue weighted by Gasteiger charge is 2.29. The Kier molecular flexibility index (Phi) is 4.33. The van der Waals surface area contributed by atoms with Crippen molar-refractivity contribution in [3.05, 3.63) is 60.9 Å². The van der Waals surface area contributed by atoms with Crippen LogP contribution in [0, 0.1) is 5.92 Å². The van der Waals surface area contributed by atoms with Crippen molar-refractivity contribution in [2.24, 2.45) is 5.92 Å². The molecule has 1 aliphatic heterocycles. The molecule has 0 saturated carbocycles. The number of aromatic nitrogens is 1. The van der Waals surface area contributed by atoms with Crippen molar-refractivity contribution in [3.8, 4) is 11.1 Å². The molecule has 4 nitrogen and oxygen atoms in total. The van der Waals surface area contributed by atoms with Crippen molar-refractivity contribution in [1.29, 1.82) is 0 Å². The number of hydrogen-bond acceptors (Lipinski definition) is 3. The molecule has 0 N–H and O–H groups in total. The van der Waals surface area contributed by atoms with Gasteiger partial charge in [0.15, 0.2) is 0 Å². The predicted octanol–water partition coefficient (Wildman–Crippen LogP) is 3.82. The molecule has 4 heteroatoms. The Morgan fingerprint density at radius 3 is 2.62 bits per heavy atom. The highest BCUT2D eigenvalue weighted by molar-refractivity contribution is 5.95. The summed E-state index contributed by atoms with van der Waals surface area (Å²) >= 11 is 0. The molecule has 1 amide bonds. The topological polar surface area (TPSA) is 36.4 Å². The van der Waals surface area contributed by atoms with Crippen LogP contribution in [0.2, 0.25) is 0 Å². The van der Waals surface area contributed by atoms with Gasteiger partial charge in [-0.3, -0.25) is 9.78 Å². The zero-order chi connectivity index (χ0) is 18.1. The van der Waals surface area contributed by atoms with E-state index in [1.165, 1.54) is 11.1 Å². The number of hydrogen-bond donors (Lipinski definition) is 0. The fraction of sp³-hybridized carbons (Fsp3) is 0.273. The molecule has 0 aliphatic carbocycles. The molecule has 1 aromatic heterocycles. The van der Waals surface area contributed by atoms with Crippen LogP contribution in [0.5, 0.6) is 0 Å². The van der Waals surface area contributed by atoms with E-state index in [1.807, 2.05) is 32.6 Å². The van der Waals surface area contributed by atoms with Crippen LogP contribution in [0.3, 0.4) is 0 Å². The molecule has 2 heterocycles. The molecule has 4 rings (SSSR count). The Bertz CT molecular complexity index is 928. The number of carbonyl (C=O) groups is 1. The largest absolute Gasteiger partial charge is 0.371 e. The zero-order valence-corrected chi connectivity index (χ0v) is 15.2. The molecule has 0 unspecified atom stereocenters. The third kappa shape index (κ3) is 3.03. The van der Waals surface area contributed by atoms with Gasteiger partial charge in [-0.1, -0.05) is 36.4 Å². The van der Waals surface area contributed by atoms with Crippen LogP contribution in [-0.4, -0.2) is 43.0 Å². The van der Waals surface area contributed by atoms with E-state index >= 15 is 0 Å². The Labute approximate surface area is 154 Å². The van der Waals surface area contributed by atoms with E-state index in [0.717, 1.165) is 36.0 Å². The second-order valence-electron chi connectivity index (χ2n) is 7.12. The first-order chi connectivity index (χ1) is 12.6. The fourth-order valence-electron chi connectivity index (χ4n) is 3.76. The van der Waals surface area contributed by atoms with Gasteiger partial charge in [-0.25, -0.2) is 0 Å². The van der Waals surface area contributed by atoms with Gasteiger partial charge >= 0.3 is 0 Å². The zero-order valence-electron chi connectivity index (χ0n) is 15.2. The van der Waals surface area contributed by atoms with Gasteiger partial charge < -0.3 is 9.80 Å². The number of pyridine rings is 1. The molecule has 0 bridgehead atoms. The van der Waals surface area contributed by atoms with E-state index in [1.54, 1.807) is 4.90 Å². The third-order valence-electron chi connectivity index (χ3n) is 5.19. The summed E-state index contributed by atoms with van der Waals surface area (Å²) in [5.74, 6) is 0.331. The lowest BCUT2D eigenvalue weighted by atomic mass is 10.0. The summed E-state index contributed by atoms with van der Waals surface area (Å²) in [6.45, 7) is 1.73. The van der Waals surface area contributed by atoms with Crippen LogP contribution in [0.4, 0.5) is 5.69 Å². The van der Waals surface area contributed by atoms with E-state index in [2.05, 4.69) is 52.3 Å². The van der Waals surface area contributed by atoms with Gasteiger partial charge in [-0.2, -0.15) is 0 Å². The molecule has 2 aromatic carbocycles. The van der Waals surface area contributed by atoms with Crippen molar-refractivity contribution < 1.29 is 4.79 Å². The SMILES string of the molecule is CN(C)C(=O)[C@@H]1CCN(c2ccc(-c3cncc4ccccc34)cc2)C1. The van der Waals surface area contributed by atoms with Gasteiger partial charge in [0, 0.05) is 56.2 Å². The standard InChI is InChI=1S/C22H23N3O/c1-24(2)22(26)18-11-12-25(15-18)19-9-7-16(8-10-19)21-14-23-13-17-5-3-4-6-20(17)21/h3-10,13-14,18H,11-12,15H2,1-2H3/t18-/m1/s1. The predicted molar refractivity (Wildman–Crippen MR) is 106 cm³/mol. The van der Waals surface area contributed by atoms with Crippen LogP contribution in [0.15, 0.2) is 60.9 Å². The van der Waals surface area contributed by atoms with Crippen molar-refractivity contribution >= 4 is 22.4 Å². The third-order valence-corrected chi connectivity index (χ3v) is 5.19. The molecule has 26 heavy (non-hydrogen) atoms. The van der Waals surface area contributed by atoms with Crippen LogP contribution in [0.1, 0.15) is 6.42 Å². The van der Waals surface area contributed by atoms with Crippen LogP contribution in [-0.2, 0) is 4.79 Å². The molecule has 1 atom stereocenters.